The molecule has 0 spiro atoms. The van der Waals surface area contributed by atoms with Gasteiger partial charge in [-0.1, -0.05) is 25.7 Å². The Bertz CT molecular complexity index is 361. The summed E-state index contributed by atoms with van der Waals surface area (Å²) in [5.74, 6) is -0.164. The second-order valence-corrected chi connectivity index (χ2v) is 6.17. The minimum atomic E-state index is -1.17. The Morgan fingerprint density at radius 1 is 1.19 bits per heavy atom. The van der Waals surface area contributed by atoms with Crippen molar-refractivity contribution in [2.75, 3.05) is 19.8 Å². The average Bonchev–Trinajstić information content (AvgIpc) is 2.98. The molecule has 0 bridgehead atoms. The van der Waals surface area contributed by atoms with Crippen LogP contribution in [0.4, 0.5) is 4.79 Å². The van der Waals surface area contributed by atoms with Crippen molar-refractivity contribution in [3.8, 4) is 0 Å². The van der Waals surface area contributed by atoms with Crippen molar-refractivity contribution in [3.05, 3.63) is 0 Å². The van der Waals surface area contributed by atoms with Crippen molar-refractivity contribution < 1.29 is 19.4 Å². The second kappa shape index (κ2) is 7.64. The number of rotatable bonds is 6. The van der Waals surface area contributed by atoms with Crippen molar-refractivity contribution in [1.82, 2.24) is 10.6 Å². The molecule has 2 aliphatic rings. The van der Waals surface area contributed by atoms with Crippen LogP contribution in [-0.2, 0) is 9.53 Å². The SMILES string of the molecule is O=C(NCCCC1CCCC1)NC1(C(=O)O)CCOCC1. The van der Waals surface area contributed by atoms with E-state index in [2.05, 4.69) is 10.6 Å². The van der Waals surface area contributed by atoms with Crippen LogP contribution in [0.15, 0.2) is 0 Å². The van der Waals surface area contributed by atoms with E-state index < -0.39 is 11.5 Å². The van der Waals surface area contributed by atoms with E-state index in [-0.39, 0.29) is 6.03 Å². The zero-order valence-electron chi connectivity index (χ0n) is 12.5. The molecule has 1 heterocycles. The van der Waals surface area contributed by atoms with Crippen LogP contribution >= 0.6 is 0 Å². The Morgan fingerprint density at radius 2 is 1.86 bits per heavy atom. The van der Waals surface area contributed by atoms with Crippen molar-refractivity contribution in [1.29, 1.82) is 0 Å². The van der Waals surface area contributed by atoms with E-state index in [1.165, 1.54) is 25.7 Å². The first kappa shape index (κ1) is 16.1. The third kappa shape index (κ3) is 4.59. The number of carboxylic acid groups (broad SMARTS) is 1. The summed E-state index contributed by atoms with van der Waals surface area (Å²) in [6.45, 7) is 1.34. The van der Waals surface area contributed by atoms with Crippen molar-refractivity contribution in [2.45, 2.75) is 56.9 Å². The molecule has 0 aromatic rings. The maximum Gasteiger partial charge on any atom is 0.329 e. The highest BCUT2D eigenvalue weighted by Crippen LogP contribution is 2.28. The number of urea groups is 1. The molecule has 2 rings (SSSR count). The molecule has 120 valence electrons. The third-order valence-electron chi connectivity index (χ3n) is 4.66. The second-order valence-electron chi connectivity index (χ2n) is 6.17. The third-order valence-corrected chi connectivity index (χ3v) is 4.66. The molecule has 6 nitrogen and oxygen atoms in total. The zero-order valence-corrected chi connectivity index (χ0v) is 12.5. The number of carbonyl (C=O) groups excluding carboxylic acids is 1. The highest BCUT2D eigenvalue weighted by Gasteiger charge is 2.41. The van der Waals surface area contributed by atoms with Gasteiger partial charge in [0.1, 0.15) is 5.54 Å². The number of nitrogens with one attached hydrogen (secondary N) is 2. The van der Waals surface area contributed by atoms with Gasteiger partial charge in [-0.15, -0.1) is 0 Å². The summed E-state index contributed by atoms with van der Waals surface area (Å²) in [6, 6.07) is -0.384. The summed E-state index contributed by atoms with van der Waals surface area (Å²) in [7, 11) is 0. The summed E-state index contributed by atoms with van der Waals surface area (Å²) >= 11 is 0. The zero-order chi connectivity index (χ0) is 15.1. The molecule has 0 atom stereocenters. The fraction of sp³-hybridized carbons (Fsp3) is 0.867. The molecule has 1 aliphatic heterocycles. The molecule has 0 unspecified atom stereocenters. The van der Waals surface area contributed by atoms with Crippen LogP contribution in [0.25, 0.3) is 0 Å². The number of hydrogen-bond acceptors (Lipinski definition) is 3. The first-order valence-electron chi connectivity index (χ1n) is 7.99. The Kier molecular flexibility index (Phi) is 5.85. The molecule has 1 aliphatic carbocycles. The van der Waals surface area contributed by atoms with Gasteiger partial charge in [0.2, 0.25) is 0 Å². The maximum atomic E-state index is 11.9. The van der Waals surface area contributed by atoms with Crippen LogP contribution in [0.1, 0.15) is 51.4 Å². The summed E-state index contributed by atoms with van der Waals surface area (Å²) in [4.78, 5) is 23.3. The van der Waals surface area contributed by atoms with Crippen molar-refractivity contribution in [2.24, 2.45) is 5.92 Å². The Hall–Kier alpha value is -1.30. The van der Waals surface area contributed by atoms with Gasteiger partial charge in [-0.25, -0.2) is 9.59 Å². The smallest absolute Gasteiger partial charge is 0.329 e. The van der Waals surface area contributed by atoms with E-state index in [9.17, 15) is 14.7 Å². The predicted octanol–water partition coefficient (Wildman–Crippen LogP) is 1.89. The number of amides is 2. The first-order chi connectivity index (χ1) is 10.1. The van der Waals surface area contributed by atoms with Crippen molar-refractivity contribution in [3.63, 3.8) is 0 Å². The molecular formula is C15H26N2O4. The number of aliphatic carboxylic acids is 1. The Labute approximate surface area is 125 Å². The molecule has 0 radical (unpaired) electrons. The minimum absolute atomic E-state index is 0.317. The van der Waals surface area contributed by atoms with Gasteiger partial charge in [-0.3, -0.25) is 0 Å². The lowest BCUT2D eigenvalue weighted by Crippen LogP contribution is -2.59. The summed E-state index contributed by atoms with van der Waals surface area (Å²) < 4.78 is 5.18. The first-order valence-corrected chi connectivity index (χ1v) is 7.99. The molecular weight excluding hydrogens is 272 g/mol. The standard InChI is InChI=1S/C15H26N2O4/c18-13(19)15(7-10-21-11-8-15)17-14(20)16-9-3-6-12-4-1-2-5-12/h12H,1-11H2,(H,18,19)(H2,16,17,20). The van der Waals surface area contributed by atoms with E-state index in [1.54, 1.807) is 0 Å². The molecule has 0 aromatic carbocycles. The molecule has 2 fully saturated rings. The fourth-order valence-corrected chi connectivity index (χ4v) is 3.27. The number of carbonyl (C=O) groups is 2. The summed E-state index contributed by atoms with van der Waals surface area (Å²) in [5, 5.41) is 14.8. The lowest BCUT2D eigenvalue weighted by atomic mass is 9.90. The van der Waals surface area contributed by atoms with Gasteiger partial charge < -0.3 is 20.5 Å². The van der Waals surface area contributed by atoms with Crippen LogP contribution in [0.5, 0.6) is 0 Å². The molecule has 21 heavy (non-hydrogen) atoms. The number of hydrogen-bond donors (Lipinski definition) is 3. The highest BCUT2D eigenvalue weighted by atomic mass is 16.5. The van der Waals surface area contributed by atoms with Crippen LogP contribution in [0.2, 0.25) is 0 Å². The van der Waals surface area contributed by atoms with Gasteiger partial charge >= 0.3 is 12.0 Å². The highest BCUT2D eigenvalue weighted by molar-refractivity contribution is 5.86. The maximum absolute atomic E-state index is 11.9. The van der Waals surface area contributed by atoms with Gasteiger partial charge in [0.25, 0.3) is 0 Å². The van der Waals surface area contributed by atoms with E-state index in [1.807, 2.05) is 0 Å². The summed E-state index contributed by atoms with van der Waals surface area (Å²) in [5.41, 5.74) is -1.17. The number of ether oxygens (including phenoxy) is 1. The summed E-state index contributed by atoms with van der Waals surface area (Å²) in [6.07, 6.45) is 8.04. The van der Waals surface area contributed by atoms with Crippen LogP contribution in [-0.4, -0.2) is 42.4 Å². The van der Waals surface area contributed by atoms with E-state index in [4.69, 9.17) is 4.74 Å². The Morgan fingerprint density at radius 3 is 2.48 bits per heavy atom. The molecule has 6 heteroatoms. The van der Waals surface area contributed by atoms with E-state index in [0.29, 0.717) is 32.6 Å². The molecule has 1 saturated heterocycles. The molecule has 3 N–H and O–H groups in total. The normalized spacial score (nSPS) is 21.9. The minimum Gasteiger partial charge on any atom is -0.480 e. The number of carboxylic acids is 1. The van der Waals surface area contributed by atoms with Gasteiger partial charge in [0.05, 0.1) is 0 Å². The molecule has 2 amide bonds. The van der Waals surface area contributed by atoms with Gasteiger partial charge in [0, 0.05) is 32.6 Å². The van der Waals surface area contributed by atoms with Crippen molar-refractivity contribution >= 4 is 12.0 Å². The van der Waals surface area contributed by atoms with Crippen LogP contribution in [0, 0.1) is 5.92 Å². The molecule has 1 saturated carbocycles. The quantitative estimate of drug-likeness (QED) is 0.653. The molecule has 0 aromatic heterocycles. The Balaban J connectivity index is 1.68. The average molecular weight is 298 g/mol. The topological polar surface area (TPSA) is 87.7 Å². The van der Waals surface area contributed by atoms with E-state index in [0.717, 1.165) is 18.8 Å². The fourth-order valence-electron chi connectivity index (χ4n) is 3.27. The lowest BCUT2D eigenvalue weighted by molar-refractivity contribution is -0.148. The van der Waals surface area contributed by atoms with Crippen LogP contribution < -0.4 is 10.6 Å². The largest absolute Gasteiger partial charge is 0.480 e. The monoisotopic (exact) mass is 298 g/mol. The lowest BCUT2D eigenvalue weighted by Gasteiger charge is -2.33. The van der Waals surface area contributed by atoms with Gasteiger partial charge in [0.15, 0.2) is 0 Å². The predicted molar refractivity (Wildman–Crippen MR) is 78.1 cm³/mol. The van der Waals surface area contributed by atoms with E-state index >= 15 is 0 Å². The van der Waals surface area contributed by atoms with Gasteiger partial charge in [-0.2, -0.15) is 0 Å². The van der Waals surface area contributed by atoms with Crippen LogP contribution in [0.3, 0.4) is 0 Å². The van der Waals surface area contributed by atoms with Gasteiger partial charge in [-0.05, 0) is 18.8 Å².